The van der Waals surface area contributed by atoms with Crippen LogP contribution >= 0.6 is 11.3 Å². The Balaban J connectivity index is 1.58. The van der Waals surface area contributed by atoms with Gasteiger partial charge >= 0.3 is 0 Å². The molecule has 2 aromatic rings. The van der Waals surface area contributed by atoms with E-state index >= 15 is 0 Å². The van der Waals surface area contributed by atoms with Gasteiger partial charge in [0.1, 0.15) is 0 Å². The van der Waals surface area contributed by atoms with Gasteiger partial charge in [-0.2, -0.15) is 0 Å². The van der Waals surface area contributed by atoms with Gasteiger partial charge in [0.15, 0.2) is 0 Å². The van der Waals surface area contributed by atoms with E-state index in [-0.39, 0.29) is 0 Å². The Hall–Kier alpha value is -1.23. The Bertz CT molecular complexity index is 635. The van der Waals surface area contributed by atoms with Gasteiger partial charge in [0.05, 0.1) is 10.7 Å². The predicted octanol–water partition coefficient (Wildman–Crippen LogP) is 4.02. The molecule has 1 aliphatic rings. The highest BCUT2D eigenvalue weighted by Gasteiger charge is 2.29. The van der Waals surface area contributed by atoms with Gasteiger partial charge in [0.25, 0.3) is 0 Å². The standard InChI is InChI=1S/C20H29N3S/c1-14-4-6-17(7-5-14)13-23-10-8-18(9-11-23)19(12-21)20-22-15(2)16(3)24-20/h4-7,18-19H,8-13,21H2,1-3H3. The molecule has 1 fully saturated rings. The first-order valence-corrected chi connectivity index (χ1v) is 9.80. The summed E-state index contributed by atoms with van der Waals surface area (Å²) in [5, 5.41) is 1.25. The second kappa shape index (κ2) is 7.77. The first-order valence-electron chi connectivity index (χ1n) is 8.98. The van der Waals surface area contributed by atoms with Crippen LogP contribution < -0.4 is 5.73 Å². The SMILES string of the molecule is Cc1ccc(CN2CCC(C(CN)c3nc(C)c(C)s3)CC2)cc1. The molecule has 1 aromatic carbocycles. The van der Waals surface area contributed by atoms with Crippen molar-refractivity contribution in [3.63, 3.8) is 0 Å². The maximum Gasteiger partial charge on any atom is 0.0977 e. The van der Waals surface area contributed by atoms with Gasteiger partial charge in [-0.25, -0.2) is 4.98 Å². The molecular weight excluding hydrogens is 314 g/mol. The molecule has 4 heteroatoms. The maximum atomic E-state index is 6.12. The predicted molar refractivity (Wildman–Crippen MR) is 103 cm³/mol. The van der Waals surface area contributed by atoms with Crippen molar-refractivity contribution in [3.05, 3.63) is 51.0 Å². The molecule has 0 radical (unpaired) electrons. The third kappa shape index (κ3) is 4.05. The molecule has 1 saturated heterocycles. The number of thiazole rings is 1. The molecule has 0 aliphatic carbocycles. The Morgan fingerprint density at radius 1 is 1.17 bits per heavy atom. The number of piperidine rings is 1. The lowest BCUT2D eigenvalue weighted by Crippen LogP contribution is -2.36. The van der Waals surface area contributed by atoms with E-state index in [1.54, 1.807) is 0 Å². The monoisotopic (exact) mass is 343 g/mol. The first kappa shape index (κ1) is 17.6. The van der Waals surface area contributed by atoms with Gasteiger partial charge < -0.3 is 5.73 Å². The summed E-state index contributed by atoms with van der Waals surface area (Å²) in [5.41, 5.74) is 10.0. The summed E-state index contributed by atoms with van der Waals surface area (Å²) in [4.78, 5) is 8.69. The number of hydrogen-bond acceptors (Lipinski definition) is 4. The van der Waals surface area contributed by atoms with E-state index in [4.69, 9.17) is 10.7 Å². The number of likely N-dealkylation sites (tertiary alicyclic amines) is 1. The fraction of sp³-hybridized carbons (Fsp3) is 0.550. The zero-order chi connectivity index (χ0) is 17.1. The number of rotatable bonds is 5. The Morgan fingerprint density at radius 3 is 2.38 bits per heavy atom. The summed E-state index contributed by atoms with van der Waals surface area (Å²) in [5.74, 6) is 1.11. The van der Waals surface area contributed by atoms with Crippen LogP contribution in [0.4, 0.5) is 0 Å². The van der Waals surface area contributed by atoms with Gasteiger partial charge in [-0.15, -0.1) is 11.3 Å². The summed E-state index contributed by atoms with van der Waals surface area (Å²) in [6.45, 7) is 10.5. The van der Waals surface area contributed by atoms with Crippen LogP contribution in [0.1, 0.15) is 45.5 Å². The van der Waals surface area contributed by atoms with E-state index in [9.17, 15) is 0 Å². The zero-order valence-electron chi connectivity index (χ0n) is 15.1. The van der Waals surface area contributed by atoms with Gasteiger partial charge in [0.2, 0.25) is 0 Å². The highest BCUT2D eigenvalue weighted by molar-refractivity contribution is 7.11. The molecule has 1 aromatic heterocycles. The third-order valence-corrected chi connectivity index (χ3v) is 6.55. The molecule has 0 spiro atoms. The van der Waals surface area contributed by atoms with Gasteiger partial charge in [-0.05, 0) is 58.2 Å². The largest absolute Gasteiger partial charge is 0.330 e. The lowest BCUT2D eigenvalue weighted by molar-refractivity contribution is 0.162. The summed E-state index contributed by atoms with van der Waals surface area (Å²) < 4.78 is 0. The number of aromatic nitrogens is 1. The number of hydrogen-bond donors (Lipinski definition) is 1. The molecule has 3 nitrogen and oxygen atoms in total. The van der Waals surface area contributed by atoms with Crippen molar-refractivity contribution in [3.8, 4) is 0 Å². The molecular formula is C20H29N3S. The van der Waals surface area contributed by atoms with E-state index in [2.05, 4.69) is 49.9 Å². The highest BCUT2D eigenvalue weighted by Crippen LogP contribution is 2.35. The molecule has 1 atom stereocenters. The molecule has 0 amide bonds. The Kier molecular flexibility index (Phi) is 5.69. The van der Waals surface area contributed by atoms with E-state index in [1.807, 2.05) is 11.3 Å². The van der Waals surface area contributed by atoms with Gasteiger partial charge in [-0.3, -0.25) is 4.90 Å². The van der Waals surface area contributed by atoms with Crippen LogP contribution in [-0.2, 0) is 6.54 Å². The second-order valence-corrected chi connectivity index (χ2v) is 8.37. The van der Waals surface area contributed by atoms with Crippen molar-refractivity contribution in [1.82, 2.24) is 9.88 Å². The van der Waals surface area contributed by atoms with Crippen LogP contribution in [0.15, 0.2) is 24.3 Å². The van der Waals surface area contributed by atoms with Gasteiger partial charge in [0, 0.05) is 23.9 Å². The molecule has 1 aliphatic heterocycles. The summed E-state index contributed by atoms with van der Waals surface area (Å²) >= 11 is 1.84. The second-order valence-electron chi connectivity index (χ2n) is 7.14. The summed E-state index contributed by atoms with van der Waals surface area (Å²) in [6, 6.07) is 8.93. The minimum Gasteiger partial charge on any atom is -0.330 e. The first-order chi connectivity index (χ1) is 11.6. The van der Waals surface area contributed by atoms with E-state index in [0.717, 1.165) is 13.1 Å². The number of nitrogens with zero attached hydrogens (tertiary/aromatic N) is 2. The quantitative estimate of drug-likeness (QED) is 0.891. The topological polar surface area (TPSA) is 42.1 Å². The Morgan fingerprint density at radius 2 is 1.83 bits per heavy atom. The van der Waals surface area contributed by atoms with Gasteiger partial charge in [-0.1, -0.05) is 29.8 Å². The molecule has 0 saturated carbocycles. The zero-order valence-corrected chi connectivity index (χ0v) is 15.9. The fourth-order valence-corrected chi connectivity index (χ4v) is 4.75. The molecule has 130 valence electrons. The summed E-state index contributed by atoms with van der Waals surface area (Å²) in [7, 11) is 0. The molecule has 2 N–H and O–H groups in total. The average molecular weight is 344 g/mol. The highest BCUT2D eigenvalue weighted by atomic mass is 32.1. The van der Waals surface area contributed by atoms with Crippen molar-refractivity contribution < 1.29 is 0 Å². The third-order valence-electron chi connectivity index (χ3n) is 5.34. The van der Waals surface area contributed by atoms with Crippen molar-refractivity contribution in [1.29, 1.82) is 0 Å². The van der Waals surface area contributed by atoms with Crippen molar-refractivity contribution in [2.45, 2.75) is 46.1 Å². The molecule has 2 heterocycles. The van der Waals surface area contributed by atoms with E-state index < -0.39 is 0 Å². The lowest BCUT2D eigenvalue weighted by Gasteiger charge is -2.35. The van der Waals surface area contributed by atoms with Crippen LogP contribution in [-0.4, -0.2) is 29.5 Å². The van der Waals surface area contributed by atoms with Crippen molar-refractivity contribution >= 4 is 11.3 Å². The van der Waals surface area contributed by atoms with E-state index in [1.165, 1.54) is 52.6 Å². The van der Waals surface area contributed by atoms with E-state index in [0.29, 0.717) is 11.8 Å². The minimum atomic E-state index is 0.434. The fourth-order valence-electron chi connectivity index (χ4n) is 3.62. The molecule has 24 heavy (non-hydrogen) atoms. The Labute approximate surface area is 149 Å². The molecule has 1 unspecified atom stereocenters. The number of nitrogens with two attached hydrogens (primary N) is 1. The normalized spacial score (nSPS) is 18.0. The molecule has 3 rings (SSSR count). The average Bonchev–Trinajstić information content (AvgIpc) is 2.91. The van der Waals surface area contributed by atoms with Crippen LogP contribution in [0.5, 0.6) is 0 Å². The smallest absolute Gasteiger partial charge is 0.0977 e. The van der Waals surface area contributed by atoms with Crippen LogP contribution in [0.25, 0.3) is 0 Å². The van der Waals surface area contributed by atoms with Crippen molar-refractivity contribution in [2.75, 3.05) is 19.6 Å². The lowest BCUT2D eigenvalue weighted by atomic mass is 9.84. The summed E-state index contributed by atoms with van der Waals surface area (Å²) in [6.07, 6.45) is 2.46. The van der Waals surface area contributed by atoms with Crippen LogP contribution in [0.3, 0.4) is 0 Å². The van der Waals surface area contributed by atoms with Crippen LogP contribution in [0, 0.1) is 26.7 Å². The maximum absolute atomic E-state index is 6.12. The van der Waals surface area contributed by atoms with Crippen LogP contribution in [0.2, 0.25) is 0 Å². The van der Waals surface area contributed by atoms with Crippen molar-refractivity contribution in [2.24, 2.45) is 11.7 Å². The number of benzene rings is 1. The minimum absolute atomic E-state index is 0.434. The molecule has 0 bridgehead atoms. The number of aryl methyl sites for hydroxylation is 3.